The van der Waals surface area contributed by atoms with E-state index in [4.69, 9.17) is 4.74 Å². The molecule has 1 atom stereocenters. The predicted octanol–water partition coefficient (Wildman–Crippen LogP) is 5.80. The van der Waals surface area contributed by atoms with Crippen LogP contribution < -0.4 is 9.64 Å². The van der Waals surface area contributed by atoms with Crippen LogP contribution in [0.25, 0.3) is 16.3 Å². The molecule has 0 radical (unpaired) electrons. The summed E-state index contributed by atoms with van der Waals surface area (Å²) >= 11 is 1.30. The summed E-state index contributed by atoms with van der Waals surface area (Å²) < 4.78 is 6.14. The first-order valence-corrected chi connectivity index (χ1v) is 11.8. The third-order valence-electron chi connectivity index (χ3n) is 5.88. The van der Waals surface area contributed by atoms with E-state index in [0.29, 0.717) is 22.0 Å². The highest BCUT2D eigenvalue weighted by atomic mass is 32.1. The number of aliphatic hydroxyl groups is 1. The Balaban J connectivity index is 1.60. The number of aromatic nitrogens is 1. The summed E-state index contributed by atoms with van der Waals surface area (Å²) in [5, 5.41) is 11.3. The summed E-state index contributed by atoms with van der Waals surface area (Å²) in [4.78, 5) is 32.7. The number of amides is 1. The number of ether oxygens (including phenoxy) is 1. The van der Waals surface area contributed by atoms with Crippen molar-refractivity contribution in [2.45, 2.75) is 13.0 Å². The van der Waals surface area contributed by atoms with E-state index in [1.54, 1.807) is 19.3 Å². The van der Waals surface area contributed by atoms with Crippen LogP contribution in [0.1, 0.15) is 22.7 Å². The van der Waals surface area contributed by atoms with Gasteiger partial charge < -0.3 is 9.84 Å². The molecule has 1 aromatic heterocycles. The fourth-order valence-electron chi connectivity index (χ4n) is 4.07. The van der Waals surface area contributed by atoms with Gasteiger partial charge in [-0.05, 0) is 42.3 Å². The molecule has 0 saturated carbocycles. The van der Waals surface area contributed by atoms with Crippen molar-refractivity contribution in [3.63, 3.8) is 0 Å². The van der Waals surface area contributed by atoms with Gasteiger partial charge in [0.1, 0.15) is 5.75 Å². The number of methoxy groups -OCH3 is 1. The number of rotatable bonds is 6. The summed E-state index contributed by atoms with van der Waals surface area (Å²) in [6.45, 7) is 1.96. The van der Waals surface area contributed by atoms with Crippen LogP contribution in [-0.4, -0.2) is 28.9 Å². The molecular formula is C28H22N2O4S. The van der Waals surface area contributed by atoms with Gasteiger partial charge in [-0.25, -0.2) is 4.98 Å². The third-order valence-corrected chi connectivity index (χ3v) is 6.90. The monoisotopic (exact) mass is 482 g/mol. The molecule has 1 aliphatic heterocycles. The summed E-state index contributed by atoms with van der Waals surface area (Å²) in [6.07, 6.45) is 3.06. The number of hydrogen-bond acceptors (Lipinski definition) is 6. The Kier molecular flexibility index (Phi) is 5.93. The van der Waals surface area contributed by atoms with E-state index < -0.39 is 23.5 Å². The van der Waals surface area contributed by atoms with Crippen LogP contribution in [0.2, 0.25) is 0 Å². The first-order valence-electron chi connectivity index (χ1n) is 11.0. The Hall–Kier alpha value is -4.23. The zero-order valence-corrected chi connectivity index (χ0v) is 20.0. The number of ketones is 1. The van der Waals surface area contributed by atoms with Crippen molar-refractivity contribution in [1.82, 2.24) is 4.98 Å². The fraction of sp³-hybridized carbons (Fsp3) is 0.107. The Morgan fingerprint density at radius 1 is 1.09 bits per heavy atom. The molecule has 6 nitrogen and oxygen atoms in total. The molecule has 174 valence electrons. The molecule has 0 aliphatic carbocycles. The van der Waals surface area contributed by atoms with Gasteiger partial charge in [0.05, 0.1) is 28.9 Å². The zero-order chi connectivity index (χ0) is 24.5. The molecule has 3 aromatic carbocycles. The first-order chi connectivity index (χ1) is 17.0. The van der Waals surface area contributed by atoms with Gasteiger partial charge in [-0.2, -0.15) is 0 Å². The molecule has 1 N–H and O–H groups in total. The quantitative estimate of drug-likeness (QED) is 0.352. The number of anilines is 1. The third kappa shape index (κ3) is 4.22. The predicted molar refractivity (Wildman–Crippen MR) is 138 cm³/mol. The van der Waals surface area contributed by atoms with Crippen molar-refractivity contribution < 1.29 is 19.4 Å². The van der Waals surface area contributed by atoms with Gasteiger partial charge in [0.15, 0.2) is 16.7 Å². The maximum atomic E-state index is 13.3. The lowest BCUT2D eigenvalue weighted by Gasteiger charge is -2.24. The Bertz CT molecular complexity index is 1490. The number of hydrogen-bond donors (Lipinski definition) is 1. The second kappa shape index (κ2) is 9.19. The van der Waals surface area contributed by atoms with E-state index in [1.807, 2.05) is 73.7 Å². The topological polar surface area (TPSA) is 79.7 Å². The number of carbonyl (C=O) groups excluding carboxylic acids is 2. The highest BCUT2D eigenvalue weighted by Gasteiger charge is 2.45. The average Bonchev–Trinajstić information content (AvgIpc) is 3.41. The second-order valence-corrected chi connectivity index (χ2v) is 9.20. The average molecular weight is 483 g/mol. The molecule has 4 aromatic rings. The molecule has 1 aliphatic rings. The minimum absolute atomic E-state index is 0.0304. The molecule has 0 spiro atoms. The molecule has 2 heterocycles. The van der Waals surface area contributed by atoms with E-state index in [-0.39, 0.29) is 5.57 Å². The molecular weight excluding hydrogens is 460 g/mol. The Labute approximate surface area is 206 Å². The number of nitrogens with zero attached hydrogens (tertiary/aromatic N) is 2. The van der Waals surface area contributed by atoms with Gasteiger partial charge in [0.25, 0.3) is 5.91 Å². The maximum Gasteiger partial charge on any atom is 0.296 e. The highest BCUT2D eigenvalue weighted by molar-refractivity contribution is 7.22. The van der Waals surface area contributed by atoms with Crippen molar-refractivity contribution >= 4 is 44.5 Å². The largest absolute Gasteiger partial charge is 0.503 e. The van der Waals surface area contributed by atoms with Crippen LogP contribution in [0.3, 0.4) is 0 Å². The number of aryl methyl sites for hydroxylation is 1. The summed E-state index contributed by atoms with van der Waals surface area (Å²) in [7, 11) is 1.59. The van der Waals surface area contributed by atoms with E-state index in [9.17, 15) is 14.7 Å². The number of carbonyl (C=O) groups is 2. The van der Waals surface area contributed by atoms with E-state index in [1.165, 1.54) is 22.3 Å². The van der Waals surface area contributed by atoms with Crippen LogP contribution in [0.4, 0.5) is 5.13 Å². The number of fused-ring (bicyclic) bond motifs is 1. The minimum atomic E-state index is -0.807. The van der Waals surface area contributed by atoms with Crippen LogP contribution in [-0.2, 0) is 9.59 Å². The SMILES string of the molecule is COc1ccc2nc(N3C(=O)C(O)=C(C(=O)C=Cc4ccccc4)C3c3ccc(C)cc3)sc2c1. The van der Waals surface area contributed by atoms with Crippen LogP contribution >= 0.6 is 11.3 Å². The number of thiazole rings is 1. The molecule has 1 unspecified atom stereocenters. The molecule has 35 heavy (non-hydrogen) atoms. The van der Waals surface area contributed by atoms with Crippen molar-refractivity contribution in [2.24, 2.45) is 0 Å². The molecule has 1 amide bonds. The smallest absolute Gasteiger partial charge is 0.296 e. The van der Waals surface area contributed by atoms with Gasteiger partial charge in [0.2, 0.25) is 0 Å². The minimum Gasteiger partial charge on any atom is -0.503 e. The van der Waals surface area contributed by atoms with Gasteiger partial charge in [0, 0.05) is 0 Å². The van der Waals surface area contributed by atoms with Crippen LogP contribution in [0.5, 0.6) is 5.75 Å². The van der Waals surface area contributed by atoms with E-state index in [2.05, 4.69) is 4.98 Å². The molecule has 5 rings (SSSR count). The second-order valence-electron chi connectivity index (χ2n) is 8.19. The van der Waals surface area contributed by atoms with Gasteiger partial charge >= 0.3 is 0 Å². The number of allylic oxidation sites excluding steroid dienone is 1. The lowest BCUT2D eigenvalue weighted by Crippen LogP contribution is -2.30. The summed E-state index contributed by atoms with van der Waals surface area (Å²) in [6, 6.07) is 21.6. The van der Waals surface area contributed by atoms with E-state index >= 15 is 0 Å². The Morgan fingerprint density at radius 3 is 2.54 bits per heavy atom. The summed E-state index contributed by atoms with van der Waals surface area (Å²) in [5.74, 6) is -0.970. The van der Waals surface area contributed by atoms with Gasteiger partial charge in [-0.3, -0.25) is 14.5 Å². The van der Waals surface area contributed by atoms with Gasteiger partial charge in [-0.1, -0.05) is 77.6 Å². The molecule has 0 saturated heterocycles. The molecule has 7 heteroatoms. The normalized spacial score (nSPS) is 16.0. The summed E-state index contributed by atoms with van der Waals surface area (Å²) in [5.41, 5.74) is 3.32. The molecule has 0 fully saturated rings. The van der Waals surface area contributed by atoms with Crippen molar-refractivity contribution in [1.29, 1.82) is 0 Å². The zero-order valence-electron chi connectivity index (χ0n) is 19.1. The standard InChI is InChI=1S/C28H22N2O4S/c1-17-8-11-19(12-9-17)25-24(22(31)15-10-18-6-4-3-5-7-18)26(32)27(33)30(25)28-29-21-14-13-20(34-2)16-23(21)35-28/h3-16,25,32H,1-2H3. The highest BCUT2D eigenvalue weighted by Crippen LogP contribution is 2.44. The van der Waals surface area contributed by atoms with E-state index in [0.717, 1.165) is 15.8 Å². The van der Waals surface area contributed by atoms with Gasteiger partial charge in [-0.15, -0.1) is 0 Å². The lowest BCUT2D eigenvalue weighted by atomic mass is 9.95. The van der Waals surface area contributed by atoms with Crippen LogP contribution in [0, 0.1) is 6.92 Å². The Morgan fingerprint density at radius 2 is 1.83 bits per heavy atom. The molecule has 0 bridgehead atoms. The van der Waals surface area contributed by atoms with Crippen molar-refractivity contribution in [3.8, 4) is 5.75 Å². The number of benzene rings is 3. The maximum absolute atomic E-state index is 13.3. The fourth-order valence-corrected chi connectivity index (χ4v) is 5.09. The van der Waals surface area contributed by atoms with Crippen molar-refractivity contribution in [2.75, 3.05) is 12.0 Å². The number of aliphatic hydroxyl groups excluding tert-OH is 1. The lowest BCUT2D eigenvalue weighted by molar-refractivity contribution is -0.117. The van der Waals surface area contributed by atoms with Crippen LogP contribution in [0.15, 0.2) is 90.2 Å². The first kappa shape index (κ1) is 22.6. The van der Waals surface area contributed by atoms with Crippen molar-refractivity contribution in [3.05, 3.63) is 107 Å².